The van der Waals surface area contributed by atoms with Gasteiger partial charge in [0.2, 0.25) is 0 Å². The van der Waals surface area contributed by atoms with Crippen molar-refractivity contribution in [2.75, 3.05) is 12.3 Å². The van der Waals surface area contributed by atoms with Crippen LogP contribution in [0, 0.1) is 5.41 Å². The van der Waals surface area contributed by atoms with E-state index >= 15 is 0 Å². The molecule has 168 valence electrons. The van der Waals surface area contributed by atoms with Crippen molar-refractivity contribution in [2.45, 2.75) is 23.6 Å². The van der Waals surface area contributed by atoms with Crippen molar-refractivity contribution in [3.8, 4) is 0 Å². The van der Waals surface area contributed by atoms with E-state index in [4.69, 9.17) is 66.5 Å². The molecule has 2 aromatic rings. The first-order chi connectivity index (χ1) is 14.4. The Kier molecular flexibility index (Phi) is 8.93. The van der Waals surface area contributed by atoms with Crippen LogP contribution in [-0.4, -0.2) is 39.5 Å². The summed E-state index contributed by atoms with van der Waals surface area (Å²) in [6.07, 6.45) is -3.48. The average Bonchev–Trinajstić information content (AvgIpc) is 2.68. The van der Waals surface area contributed by atoms with Gasteiger partial charge in [-0.25, -0.2) is 9.18 Å². The molecule has 3 N–H and O–H groups in total. The number of esters is 1. The molecule has 0 saturated heterocycles. The highest BCUT2D eigenvalue weighted by Crippen LogP contribution is 2.32. The summed E-state index contributed by atoms with van der Waals surface area (Å²) in [7, 11) is -4.56. The second-order valence-electron chi connectivity index (χ2n) is 6.12. The van der Waals surface area contributed by atoms with Crippen LogP contribution in [-0.2, 0) is 19.0 Å². The van der Waals surface area contributed by atoms with Gasteiger partial charge in [0.15, 0.2) is 0 Å². The number of benzene rings is 2. The zero-order valence-corrected chi connectivity index (χ0v) is 19.3. The van der Waals surface area contributed by atoms with Gasteiger partial charge in [-0.15, -0.1) is 0 Å². The molecule has 31 heavy (non-hydrogen) atoms. The van der Waals surface area contributed by atoms with Crippen molar-refractivity contribution in [2.24, 2.45) is 0 Å². The van der Waals surface area contributed by atoms with Crippen LogP contribution in [0.5, 0.6) is 0 Å². The highest BCUT2D eigenvalue weighted by molar-refractivity contribution is 7.87. The van der Waals surface area contributed by atoms with Crippen LogP contribution in [0.15, 0.2) is 35.2 Å². The van der Waals surface area contributed by atoms with Crippen molar-refractivity contribution >= 4 is 74.4 Å². The number of alkyl halides is 1. The van der Waals surface area contributed by atoms with Gasteiger partial charge in [-0.2, -0.15) is 8.42 Å². The molecular weight excluding hydrogens is 517 g/mol. The molecule has 2 rings (SSSR count). The number of anilines is 1. The lowest BCUT2D eigenvalue weighted by molar-refractivity contribution is 0.0283. The number of nitrogens with one attached hydrogen (secondary N) is 1. The summed E-state index contributed by atoms with van der Waals surface area (Å²) in [5.41, 5.74) is 5.51. The molecule has 2 aromatic carbocycles. The molecule has 0 radical (unpaired) electrons. The minimum atomic E-state index is -4.56. The van der Waals surface area contributed by atoms with Crippen LogP contribution in [0.2, 0.25) is 20.1 Å². The second-order valence-corrected chi connectivity index (χ2v) is 9.32. The van der Waals surface area contributed by atoms with Gasteiger partial charge in [0.05, 0.1) is 26.3 Å². The first kappa shape index (κ1) is 25.6. The number of ether oxygens (including phenoxy) is 1. The van der Waals surface area contributed by atoms with E-state index in [1.807, 2.05) is 0 Å². The quantitative estimate of drug-likeness (QED) is 0.199. The lowest BCUT2D eigenvalue weighted by atomic mass is 10.2. The van der Waals surface area contributed by atoms with E-state index in [1.165, 1.54) is 18.2 Å². The summed E-state index contributed by atoms with van der Waals surface area (Å²) in [5, 5.41) is 7.04. The molecule has 0 saturated carbocycles. The monoisotopic (exact) mass is 530 g/mol. The van der Waals surface area contributed by atoms with Crippen LogP contribution in [0.3, 0.4) is 0 Å². The van der Waals surface area contributed by atoms with Gasteiger partial charge in [0.1, 0.15) is 23.8 Å². The molecule has 0 fully saturated rings. The third kappa shape index (κ3) is 6.93. The zero-order chi connectivity index (χ0) is 23.3. The lowest BCUT2D eigenvalue weighted by Gasteiger charge is -2.19. The number of carbonyl (C=O) groups is 1. The molecule has 2 atom stereocenters. The summed E-state index contributed by atoms with van der Waals surface area (Å²) < 4.78 is 49.1. The molecule has 0 unspecified atom stereocenters. The molecule has 0 aromatic heterocycles. The maximum absolute atomic E-state index is 13.8. The Hall–Kier alpha value is -1.62. The molecule has 13 heteroatoms. The van der Waals surface area contributed by atoms with Gasteiger partial charge in [0, 0.05) is 17.7 Å². The van der Waals surface area contributed by atoms with E-state index in [2.05, 4.69) is 0 Å². The number of hydrogen-bond acceptors (Lipinski definition) is 7. The lowest BCUT2D eigenvalue weighted by Crippen LogP contribution is -2.29. The Bertz CT molecular complexity index is 1100. The van der Waals surface area contributed by atoms with E-state index in [1.54, 1.807) is 0 Å². The summed E-state index contributed by atoms with van der Waals surface area (Å²) in [6, 6.07) is 6.13. The van der Waals surface area contributed by atoms with Crippen LogP contribution >= 0.6 is 46.4 Å². The van der Waals surface area contributed by atoms with Gasteiger partial charge < -0.3 is 15.9 Å². The summed E-state index contributed by atoms with van der Waals surface area (Å²) in [6.45, 7) is -0.661. The Morgan fingerprint density at radius 1 is 1.13 bits per heavy atom. The van der Waals surface area contributed by atoms with E-state index in [9.17, 15) is 17.6 Å². The Labute approximate surface area is 197 Å². The molecule has 0 amide bonds. The number of hydrogen-bond donors (Lipinski definition) is 2. The van der Waals surface area contributed by atoms with E-state index in [0.717, 1.165) is 12.1 Å². The zero-order valence-electron chi connectivity index (χ0n) is 15.4. The molecule has 0 heterocycles. The summed E-state index contributed by atoms with van der Waals surface area (Å²) in [4.78, 5) is 11.8. The molecule has 0 aliphatic carbocycles. The van der Waals surface area contributed by atoms with Crippen LogP contribution in [0.1, 0.15) is 16.8 Å². The normalized spacial score (nSPS) is 13.5. The third-order valence-electron chi connectivity index (χ3n) is 3.80. The predicted molar refractivity (Wildman–Crippen MR) is 118 cm³/mol. The summed E-state index contributed by atoms with van der Waals surface area (Å²) >= 11 is 23.4. The summed E-state index contributed by atoms with van der Waals surface area (Å²) in [5.74, 6) is -0.910. The van der Waals surface area contributed by atoms with E-state index in [-0.39, 0.29) is 26.3 Å². The Morgan fingerprint density at radius 2 is 1.81 bits per heavy atom. The van der Waals surface area contributed by atoms with Gasteiger partial charge in [-0.3, -0.25) is 4.18 Å². The molecule has 7 nitrogen and oxygen atoms in total. The third-order valence-corrected chi connectivity index (χ3v) is 6.51. The fourth-order valence-electron chi connectivity index (χ4n) is 2.32. The number of halogens is 5. The smallest absolute Gasteiger partial charge is 0.339 e. The van der Waals surface area contributed by atoms with Crippen molar-refractivity contribution in [1.82, 2.24) is 0 Å². The molecule has 0 spiro atoms. The number of rotatable bonds is 9. The topological polar surface area (TPSA) is 120 Å². The standard InChI is InChI=1S/C18H15Cl4FN2O5S/c19-9-1-2-12(13(20)3-9)18(26)29-8-11(4-10(23)7-24)30-31(27,28)17-6-16(25)14(21)5-15(17)22/h1-3,5-7,10-11,24H,4,8,25H2/t10-,11-/m0/s1. The first-order valence-electron chi connectivity index (χ1n) is 8.39. The van der Waals surface area contributed by atoms with Crippen LogP contribution in [0.4, 0.5) is 10.1 Å². The Balaban J connectivity index is 2.23. The minimum absolute atomic E-state index is 0.00821. The van der Waals surface area contributed by atoms with Gasteiger partial charge >= 0.3 is 5.97 Å². The maximum atomic E-state index is 13.8. The van der Waals surface area contributed by atoms with E-state index in [0.29, 0.717) is 11.2 Å². The number of nitrogens with two attached hydrogens (primary N) is 1. The van der Waals surface area contributed by atoms with Crippen LogP contribution < -0.4 is 5.73 Å². The van der Waals surface area contributed by atoms with Crippen molar-refractivity contribution in [3.05, 3.63) is 56.0 Å². The average molecular weight is 532 g/mol. The van der Waals surface area contributed by atoms with E-state index < -0.39 is 46.3 Å². The SMILES string of the molecule is N=C[C@@H](F)C[C@@H](COC(=O)c1ccc(Cl)cc1Cl)OS(=O)(=O)c1cc(N)c(Cl)cc1Cl. The maximum Gasteiger partial charge on any atom is 0.339 e. The predicted octanol–water partition coefficient (Wildman–Crippen LogP) is 5.19. The largest absolute Gasteiger partial charge is 0.459 e. The Morgan fingerprint density at radius 3 is 2.42 bits per heavy atom. The second kappa shape index (κ2) is 10.8. The fraction of sp³-hybridized carbons (Fsp3) is 0.222. The highest BCUT2D eigenvalue weighted by atomic mass is 35.5. The van der Waals surface area contributed by atoms with Crippen molar-refractivity contribution < 1.29 is 26.5 Å². The van der Waals surface area contributed by atoms with Crippen molar-refractivity contribution in [3.63, 3.8) is 0 Å². The fourth-order valence-corrected chi connectivity index (χ4v) is 4.64. The van der Waals surface area contributed by atoms with Gasteiger partial charge in [-0.1, -0.05) is 46.4 Å². The van der Waals surface area contributed by atoms with Gasteiger partial charge in [0.25, 0.3) is 10.1 Å². The molecule has 0 aliphatic rings. The number of carbonyl (C=O) groups excluding carboxylic acids is 1. The first-order valence-corrected chi connectivity index (χ1v) is 11.3. The van der Waals surface area contributed by atoms with Gasteiger partial charge in [-0.05, 0) is 30.3 Å². The molecule has 0 bridgehead atoms. The minimum Gasteiger partial charge on any atom is -0.459 e. The van der Waals surface area contributed by atoms with Crippen molar-refractivity contribution in [1.29, 1.82) is 5.41 Å². The number of nitrogen functional groups attached to an aromatic ring is 1. The molecular formula is C18H15Cl4FN2O5S. The van der Waals surface area contributed by atoms with Crippen LogP contribution in [0.25, 0.3) is 0 Å². The molecule has 0 aliphatic heterocycles. The highest BCUT2D eigenvalue weighted by Gasteiger charge is 2.28.